The number of ketones is 1. The Hall–Kier alpha value is -3.96. The first-order chi connectivity index (χ1) is 22.2. The Kier molecular flexibility index (Phi) is 9.20. The molecule has 12 heteroatoms. The Balaban J connectivity index is 1.32. The van der Waals surface area contributed by atoms with E-state index in [4.69, 9.17) is 5.73 Å². The van der Waals surface area contributed by atoms with E-state index >= 15 is 0 Å². The number of rotatable bonds is 10. The second-order valence-corrected chi connectivity index (χ2v) is 17.0. The molecule has 2 aliphatic heterocycles. The Morgan fingerprint density at radius 3 is 1.85 bits per heavy atom. The van der Waals surface area contributed by atoms with Crippen LogP contribution >= 0.6 is 0 Å². The van der Waals surface area contributed by atoms with Crippen LogP contribution in [-0.4, -0.2) is 76.0 Å². The van der Waals surface area contributed by atoms with Crippen molar-refractivity contribution >= 4 is 35.4 Å². The van der Waals surface area contributed by atoms with Crippen molar-refractivity contribution in [1.29, 1.82) is 0 Å². The van der Waals surface area contributed by atoms with Gasteiger partial charge in [-0.05, 0) is 51.5 Å². The van der Waals surface area contributed by atoms with E-state index in [1.54, 1.807) is 4.90 Å². The lowest BCUT2D eigenvalue weighted by atomic mass is 9.84. The van der Waals surface area contributed by atoms with Gasteiger partial charge in [0.05, 0.1) is 6.04 Å². The molecule has 5 N–H and O–H groups in total. The van der Waals surface area contributed by atoms with Crippen LogP contribution in [0.2, 0.25) is 0 Å². The first kappa shape index (κ1) is 35.3. The topological polar surface area (TPSA) is 171 Å². The third-order valence-corrected chi connectivity index (χ3v) is 10.8. The molecule has 3 fully saturated rings. The summed E-state index contributed by atoms with van der Waals surface area (Å²) in [5.41, 5.74) is 5.87. The molecule has 48 heavy (non-hydrogen) atoms. The Morgan fingerprint density at radius 2 is 1.38 bits per heavy atom. The maximum atomic E-state index is 14.4. The van der Waals surface area contributed by atoms with E-state index in [1.807, 2.05) is 65.8 Å². The summed E-state index contributed by atoms with van der Waals surface area (Å²) >= 11 is 0. The molecule has 5 rings (SSSR count). The maximum Gasteiger partial charge on any atom is 0.316 e. The highest BCUT2D eigenvalue weighted by Gasteiger charge is 2.70. The number of benzene rings is 1. The lowest BCUT2D eigenvalue weighted by molar-refractivity contribution is -0.145. The van der Waals surface area contributed by atoms with Gasteiger partial charge >= 0.3 is 6.03 Å². The minimum Gasteiger partial charge on any atom is -0.363 e. The molecule has 12 nitrogen and oxygen atoms in total. The number of nitrogens with two attached hydrogens (primary N) is 1. The zero-order chi connectivity index (χ0) is 35.5. The Morgan fingerprint density at radius 1 is 0.854 bits per heavy atom. The van der Waals surface area contributed by atoms with Crippen molar-refractivity contribution in [2.45, 2.75) is 112 Å². The molecule has 2 aliphatic carbocycles. The van der Waals surface area contributed by atoms with Gasteiger partial charge in [-0.1, -0.05) is 92.5 Å². The number of carbonyl (C=O) groups is 6. The third-order valence-electron chi connectivity index (χ3n) is 10.8. The van der Waals surface area contributed by atoms with Gasteiger partial charge in [0, 0.05) is 19.6 Å². The molecule has 1 aromatic rings. The molecule has 262 valence electrons. The fraction of sp³-hybridized carbons (Fsp3) is 0.667. The number of urea groups is 1. The average molecular weight is 665 g/mol. The predicted octanol–water partition coefficient (Wildman–Crippen LogP) is 2.48. The number of nitrogens with one attached hydrogen (secondary N) is 3. The van der Waals surface area contributed by atoms with Gasteiger partial charge in [-0.3, -0.25) is 24.0 Å². The molecular weight excluding hydrogens is 612 g/mol. The standard InChI is InChI=1S/C36H52N6O6/c1-34(2,3)27(31(46)41-16-20-11-9-10-12-21(20)17-41)39-33(48)40-28(35(4,5)6)32(47)42-18-22-24(36(22,7)8)25(42)30(45)38-23(15-19-13-14-19)26(43)29(37)44/h9-12,19,22-25,27-28H,13-18H2,1-8H3,(H2,37,44)(H,38,45)(H2,39,40,48)/t22-,23?,24-,25-,27+,28+/m0/s1. The van der Waals surface area contributed by atoms with Crippen molar-refractivity contribution in [2.75, 3.05) is 6.54 Å². The summed E-state index contributed by atoms with van der Waals surface area (Å²) in [5, 5.41) is 8.50. The highest BCUT2D eigenvalue weighted by Crippen LogP contribution is 2.65. The summed E-state index contributed by atoms with van der Waals surface area (Å²) in [6.45, 7) is 16.5. The minimum atomic E-state index is -1.10. The Bertz CT molecular complexity index is 1480. The van der Waals surface area contributed by atoms with Gasteiger partial charge < -0.3 is 31.5 Å². The number of hydrogen-bond donors (Lipinski definition) is 4. The summed E-state index contributed by atoms with van der Waals surface area (Å²) in [4.78, 5) is 83.4. The molecule has 0 aromatic heterocycles. The summed E-state index contributed by atoms with van der Waals surface area (Å²) in [6.07, 6.45) is 2.16. The SMILES string of the molecule is CC(C)(C)[C@H](NC(=O)N[C@H](C(=O)N1C[C@H]2[C@@H]([C@H]1C(=O)NC(CC1CC1)C(=O)C(N)=O)C2(C)C)C(C)(C)C)C(=O)N1Cc2ccccc2C1. The van der Waals surface area contributed by atoms with E-state index in [0.717, 1.165) is 24.0 Å². The second kappa shape index (κ2) is 12.5. The lowest BCUT2D eigenvalue weighted by Crippen LogP contribution is -2.63. The van der Waals surface area contributed by atoms with E-state index in [-0.39, 0.29) is 29.1 Å². The van der Waals surface area contributed by atoms with Crippen LogP contribution in [-0.2, 0) is 37.1 Å². The highest BCUT2D eigenvalue weighted by molar-refractivity contribution is 6.37. The summed E-state index contributed by atoms with van der Waals surface area (Å²) in [7, 11) is 0. The molecule has 0 radical (unpaired) electrons. The van der Waals surface area contributed by atoms with Crippen LogP contribution in [0, 0.1) is 34.0 Å². The fourth-order valence-electron chi connectivity index (χ4n) is 7.60. The van der Waals surface area contributed by atoms with E-state index in [9.17, 15) is 28.8 Å². The van der Waals surface area contributed by atoms with Gasteiger partial charge in [-0.2, -0.15) is 0 Å². The van der Waals surface area contributed by atoms with Crippen molar-refractivity contribution in [3.63, 3.8) is 0 Å². The van der Waals surface area contributed by atoms with E-state index < -0.39 is 64.5 Å². The highest BCUT2D eigenvalue weighted by atomic mass is 16.2. The van der Waals surface area contributed by atoms with Crippen LogP contribution in [0.1, 0.15) is 85.8 Å². The molecule has 6 amide bonds. The molecule has 1 unspecified atom stereocenters. The number of Topliss-reactive ketones (excluding diaryl/α,β-unsaturated/α-hetero) is 1. The summed E-state index contributed by atoms with van der Waals surface area (Å²) in [5.74, 6) is -2.92. The van der Waals surface area contributed by atoms with E-state index in [1.165, 1.54) is 4.90 Å². The molecule has 4 aliphatic rings. The number of piperidine rings is 1. The normalized spacial score (nSPS) is 24.5. The number of primary amides is 1. The van der Waals surface area contributed by atoms with Gasteiger partial charge in [0.1, 0.15) is 18.1 Å². The third kappa shape index (κ3) is 7.08. The van der Waals surface area contributed by atoms with Crippen LogP contribution in [0.5, 0.6) is 0 Å². The number of fused-ring (bicyclic) bond motifs is 2. The quantitative estimate of drug-likeness (QED) is 0.280. The first-order valence-electron chi connectivity index (χ1n) is 17.1. The number of amides is 6. The van der Waals surface area contributed by atoms with Crippen molar-refractivity contribution in [3.05, 3.63) is 35.4 Å². The smallest absolute Gasteiger partial charge is 0.316 e. The monoisotopic (exact) mass is 664 g/mol. The summed E-state index contributed by atoms with van der Waals surface area (Å²) in [6, 6.07) is 3.39. The van der Waals surface area contributed by atoms with Crippen molar-refractivity contribution in [1.82, 2.24) is 25.8 Å². The first-order valence-corrected chi connectivity index (χ1v) is 17.1. The predicted molar refractivity (Wildman–Crippen MR) is 179 cm³/mol. The summed E-state index contributed by atoms with van der Waals surface area (Å²) < 4.78 is 0. The molecule has 1 aromatic carbocycles. The van der Waals surface area contributed by atoms with Crippen LogP contribution < -0.4 is 21.7 Å². The zero-order valence-electron chi connectivity index (χ0n) is 29.5. The molecule has 6 atom stereocenters. The van der Waals surface area contributed by atoms with E-state index in [0.29, 0.717) is 26.1 Å². The van der Waals surface area contributed by atoms with Gasteiger partial charge in [-0.25, -0.2) is 4.79 Å². The van der Waals surface area contributed by atoms with Crippen LogP contribution in [0.4, 0.5) is 4.79 Å². The molecular formula is C36H52N6O6. The lowest BCUT2D eigenvalue weighted by Gasteiger charge is -2.39. The van der Waals surface area contributed by atoms with Crippen molar-refractivity contribution < 1.29 is 28.8 Å². The van der Waals surface area contributed by atoms with Crippen LogP contribution in [0.15, 0.2) is 24.3 Å². The molecule has 2 saturated carbocycles. The van der Waals surface area contributed by atoms with Crippen molar-refractivity contribution in [2.24, 2.45) is 39.7 Å². The van der Waals surface area contributed by atoms with E-state index in [2.05, 4.69) is 29.8 Å². The average Bonchev–Trinajstić information content (AvgIpc) is 3.74. The maximum absolute atomic E-state index is 14.4. The van der Waals surface area contributed by atoms with Gasteiger partial charge in [0.15, 0.2) is 0 Å². The largest absolute Gasteiger partial charge is 0.363 e. The fourth-order valence-corrected chi connectivity index (χ4v) is 7.60. The van der Waals surface area contributed by atoms with Crippen molar-refractivity contribution in [3.8, 4) is 0 Å². The molecule has 0 bridgehead atoms. The molecule has 2 heterocycles. The second-order valence-electron chi connectivity index (χ2n) is 17.0. The zero-order valence-corrected chi connectivity index (χ0v) is 29.5. The Labute approximate surface area is 283 Å². The van der Waals surface area contributed by atoms with Gasteiger partial charge in [0.2, 0.25) is 23.5 Å². The minimum absolute atomic E-state index is 0.0628. The van der Waals surface area contributed by atoms with Gasteiger partial charge in [0.25, 0.3) is 5.91 Å². The number of carbonyl (C=O) groups excluding carboxylic acids is 6. The van der Waals surface area contributed by atoms with Gasteiger partial charge in [-0.15, -0.1) is 0 Å². The number of hydrogen-bond acceptors (Lipinski definition) is 6. The number of likely N-dealkylation sites (tertiary alicyclic amines) is 1. The molecule has 0 spiro atoms. The molecule has 1 saturated heterocycles. The van der Waals surface area contributed by atoms with Crippen LogP contribution in [0.3, 0.4) is 0 Å². The van der Waals surface area contributed by atoms with Crippen LogP contribution in [0.25, 0.3) is 0 Å². The number of nitrogens with zero attached hydrogens (tertiary/aromatic N) is 2.